The molecule has 1 aliphatic rings. The van der Waals surface area contributed by atoms with E-state index in [1.807, 2.05) is 13.0 Å². The SMILES string of the molecule is CCCS(=O)(=O)N1CCC[C@@H]1C(=O)Nc1cccc(-c2cnco2)c1. The summed E-state index contributed by atoms with van der Waals surface area (Å²) < 4.78 is 31.3. The van der Waals surface area contributed by atoms with Gasteiger partial charge in [0.2, 0.25) is 15.9 Å². The van der Waals surface area contributed by atoms with Crippen LogP contribution in [-0.2, 0) is 14.8 Å². The van der Waals surface area contributed by atoms with Crippen molar-refractivity contribution < 1.29 is 17.6 Å². The summed E-state index contributed by atoms with van der Waals surface area (Å²) in [6.45, 7) is 2.22. The molecule has 1 aliphatic heterocycles. The number of sulfonamides is 1. The summed E-state index contributed by atoms with van der Waals surface area (Å²) >= 11 is 0. The molecule has 1 amide bonds. The number of carbonyl (C=O) groups is 1. The van der Waals surface area contributed by atoms with Crippen LogP contribution in [-0.4, -0.2) is 42.0 Å². The lowest BCUT2D eigenvalue weighted by atomic mass is 10.1. The standard InChI is InChI=1S/C17H21N3O4S/c1-2-9-25(22,23)20-8-4-7-15(20)17(21)19-14-6-3-5-13(10-14)16-11-18-12-24-16/h3,5-6,10-12,15H,2,4,7-9H2,1H3,(H,19,21)/t15-/m1/s1. The van der Waals surface area contributed by atoms with Gasteiger partial charge < -0.3 is 9.73 Å². The van der Waals surface area contributed by atoms with E-state index in [1.54, 1.807) is 24.4 Å². The Bertz CT molecular complexity index is 833. The predicted molar refractivity (Wildman–Crippen MR) is 94.4 cm³/mol. The van der Waals surface area contributed by atoms with Crippen molar-refractivity contribution in [3.63, 3.8) is 0 Å². The average Bonchev–Trinajstić information content (AvgIpc) is 3.27. The Hall–Kier alpha value is -2.19. The molecule has 3 rings (SSSR count). The van der Waals surface area contributed by atoms with Crippen LogP contribution in [0.15, 0.2) is 41.3 Å². The van der Waals surface area contributed by atoms with Crippen LogP contribution in [0.5, 0.6) is 0 Å². The second-order valence-corrected chi connectivity index (χ2v) is 8.06. The summed E-state index contributed by atoms with van der Waals surface area (Å²) in [6.07, 6.45) is 4.70. The molecule has 2 aromatic rings. The molecule has 0 aliphatic carbocycles. The van der Waals surface area contributed by atoms with Crippen molar-refractivity contribution in [3.8, 4) is 11.3 Å². The monoisotopic (exact) mass is 363 g/mol. The van der Waals surface area contributed by atoms with Crippen LogP contribution < -0.4 is 5.32 Å². The van der Waals surface area contributed by atoms with Crippen molar-refractivity contribution >= 4 is 21.6 Å². The number of carbonyl (C=O) groups excluding carboxylic acids is 1. The van der Waals surface area contributed by atoms with Crippen LogP contribution in [0, 0.1) is 0 Å². The highest BCUT2D eigenvalue weighted by molar-refractivity contribution is 7.89. The first-order valence-electron chi connectivity index (χ1n) is 8.30. The van der Waals surface area contributed by atoms with Gasteiger partial charge in [0.1, 0.15) is 6.04 Å². The van der Waals surface area contributed by atoms with Gasteiger partial charge in [-0.1, -0.05) is 19.1 Å². The summed E-state index contributed by atoms with van der Waals surface area (Å²) in [7, 11) is -3.39. The Labute approximate surface area is 147 Å². The number of oxazole rings is 1. The molecular formula is C17H21N3O4S. The number of nitrogens with one attached hydrogen (secondary N) is 1. The van der Waals surface area contributed by atoms with Gasteiger partial charge in [-0.15, -0.1) is 0 Å². The molecule has 1 aromatic carbocycles. The zero-order valence-corrected chi connectivity index (χ0v) is 14.8. The Morgan fingerprint density at radius 2 is 2.28 bits per heavy atom. The third-order valence-electron chi connectivity index (χ3n) is 4.17. The lowest BCUT2D eigenvalue weighted by molar-refractivity contribution is -0.119. The van der Waals surface area contributed by atoms with E-state index in [0.29, 0.717) is 37.3 Å². The Morgan fingerprint density at radius 1 is 1.44 bits per heavy atom. The average molecular weight is 363 g/mol. The van der Waals surface area contributed by atoms with Crippen LogP contribution in [0.4, 0.5) is 5.69 Å². The lowest BCUT2D eigenvalue weighted by Gasteiger charge is -2.23. The fourth-order valence-corrected chi connectivity index (χ4v) is 4.79. The maximum absolute atomic E-state index is 12.6. The van der Waals surface area contributed by atoms with Gasteiger partial charge >= 0.3 is 0 Å². The first-order valence-corrected chi connectivity index (χ1v) is 9.91. The van der Waals surface area contributed by atoms with Crippen LogP contribution in [0.2, 0.25) is 0 Å². The van der Waals surface area contributed by atoms with Crippen LogP contribution in [0.1, 0.15) is 26.2 Å². The molecule has 2 heterocycles. The summed E-state index contributed by atoms with van der Waals surface area (Å²) in [5.74, 6) is 0.369. The minimum absolute atomic E-state index is 0.0672. The molecule has 0 unspecified atom stereocenters. The molecular weight excluding hydrogens is 342 g/mol. The topological polar surface area (TPSA) is 92.5 Å². The predicted octanol–water partition coefficient (Wildman–Crippen LogP) is 2.48. The van der Waals surface area contributed by atoms with Crippen LogP contribution in [0.25, 0.3) is 11.3 Å². The van der Waals surface area contributed by atoms with Crippen molar-refractivity contribution in [3.05, 3.63) is 36.9 Å². The number of anilines is 1. The minimum atomic E-state index is -3.39. The molecule has 7 nitrogen and oxygen atoms in total. The van der Waals surface area contributed by atoms with E-state index in [0.717, 1.165) is 5.56 Å². The van der Waals surface area contributed by atoms with Crippen LogP contribution in [0.3, 0.4) is 0 Å². The second-order valence-electron chi connectivity index (χ2n) is 6.02. The molecule has 1 fully saturated rings. The van der Waals surface area contributed by atoms with Crippen molar-refractivity contribution in [2.45, 2.75) is 32.2 Å². The van der Waals surface area contributed by atoms with Gasteiger partial charge in [-0.05, 0) is 31.4 Å². The highest BCUT2D eigenvalue weighted by atomic mass is 32.2. The molecule has 1 aromatic heterocycles. The molecule has 1 atom stereocenters. The molecule has 134 valence electrons. The number of amides is 1. The number of aromatic nitrogens is 1. The lowest BCUT2D eigenvalue weighted by Crippen LogP contribution is -2.44. The summed E-state index contributed by atoms with van der Waals surface area (Å²) in [4.78, 5) is 16.5. The van der Waals surface area contributed by atoms with Gasteiger partial charge in [0.05, 0.1) is 11.9 Å². The minimum Gasteiger partial charge on any atom is -0.444 e. The van der Waals surface area contributed by atoms with Gasteiger partial charge in [-0.2, -0.15) is 4.31 Å². The van der Waals surface area contributed by atoms with Crippen molar-refractivity contribution in [1.82, 2.24) is 9.29 Å². The third kappa shape index (κ3) is 3.91. The van der Waals surface area contributed by atoms with Gasteiger partial charge in [0, 0.05) is 17.8 Å². The van der Waals surface area contributed by atoms with Crippen molar-refractivity contribution in [1.29, 1.82) is 0 Å². The number of hydrogen-bond donors (Lipinski definition) is 1. The Balaban J connectivity index is 1.75. The normalized spacial score (nSPS) is 18.4. The molecule has 1 N–H and O–H groups in total. The molecule has 0 bridgehead atoms. The Morgan fingerprint density at radius 3 is 3.00 bits per heavy atom. The van der Waals surface area contributed by atoms with Gasteiger partial charge in [-0.3, -0.25) is 4.79 Å². The van der Waals surface area contributed by atoms with Gasteiger partial charge in [0.15, 0.2) is 12.2 Å². The first-order chi connectivity index (χ1) is 12.0. The smallest absolute Gasteiger partial charge is 0.242 e. The molecule has 1 saturated heterocycles. The third-order valence-corrected chi connectivity index (χ3v) is 6.25. The molecule has 25 heavy (non-hydrogen) atoms. The largest absolute Gasteiger partial charge is 0.444 e. The summed E-state index contributed by atoms with van der Waals surface area (Å²) in [5.41, 5.74) is 1.39. The van der Waals surface area contributed by atoms with Gasteiger partial charge in [0.25, 0.3) is 0 Å². The van der Waals surface area contributed by atoms with E-state index >= 15 is 0 Å². The van der Waals surface area contributed by atoms with E-state index in [9.17, 15) is 13.2 Å². The van der Waals surface area contributed by atoms with E-state index < -0.39 is 16.1 Å². The number of benzene rings is 1. The fraction of sp³-hybridized carbons (Fsp3) is 0.412. The maximum atomic E-state index is 12.6. The van der Waals surface area contributed by atoms with E-state index in [4.69, 9.17) is 4.42 Å². The number of nitrogens with zero attached hydrogens (tertiary/aromatic N) is 2. The molecule has 0 saturated carbocycles. The highest BCUT2D eigenvalue weighted by Crippen LogP contribution is 2.25. The van der Waals surface area contributed by atoms with E-state index in [2.05, 4.69) is 10.3 Å². The van der Waals surface area contributed by atoms with Crippen LogP contribution >= 0.6 is 0 Å². The Kier molecular flexibility index (Phi) is 5.19. The quantitative estimate of drug-likeness (QED) is 0.851. The zero-order chi connectivity index (χ0) is 17.9. The van der Waals surface area contributed by atoms with Crippen molar-refractivity contribution in [2.24, 2.45) is 0 Å². The maximum Gasteiger partial charge on any atom is 0.242 e. The molecule has 0 spiro atoms. The number of rotatable bonds is 6. The number of hydrogen-bond acceptors (Lipinski definition) is 5. The fourth-order valence-electron chi connectivity index (χ4n) is 3.04. The van der Waals surface area contributed by atoms with Crippen molar-refractivity contribution in [2.75, 3.05) is 17.6 Å². The molecule has 8 heteroatoms. The first kappa shape index (κ1) is 17.6. The van der Waals surface area contributed by atoms with E-state index in [-0.39, 0.29) is 11.7 Å². The second kappa shape index (κ2) is 7.37. The summed E-state index contributed by atoms with van der Waals surface area (Å²) in [6, 6.07) is 6.54. The van der Waals surface area contributed by atoms with Gasteiger partial charge in [-0.25, -0.2) is 13.4 Å². The molecule has 0 radical (unpaired) electrons. The van der Waals surface area contributed by atoms with E-state index in [1.165, 1.54) is 10.7 Å². The zero-order valence-electron chi connectivity index (χ0n) is 14.0. The highest BCUT2D eigenvalue weighted by Gasteiger charge is 2.38. The summed E-state index contributed by atoms with van der Waals surface area (Å²) in [5, 5.41) is 2.82.